The molecule has 1 atom stereocenters. The largest absolute Gasteiger partial charge is 0.384 e. The molecule has 0 aliphatic rings. The molecule has 0 heterocycles. The maximum absolute atomic E-state index is 7.31. The molecule has 0 saturated heterocycles. The van der Waals surface area contributed by atoms with Gasteiger partial charge in [-0.3, -0.25) is 5.41 Å². The predicted molar refractivity (Wildman–Crippen MR) is 59.4 cm³/mol. The molecule has 0 spiro atoms. The van der Waals surface area contributed by atoms with Gasteiger partial charge in [0.05, 0.1) is 0 Å². The van der Waals surface area contributed by atoms with Crippen LogP contribution in [0.25, 0.3) is 0 Å². The predicted octanol–water partition coefficient (Wildman–Crippen LogP) is 1.25. The van der Waals surface area contributed by atoms with Gasteiger partial charge in [-0.15, -0.1) is 0 Å². The Labute approximate surface area is 84.6 Å². The van der Waals surface area contributed by atoms with Gasteiger partial charge in [0.15, 0.2) is 0 Å². The van der Waals surface area contributed by atoms with E-state index in [1.165, 1.54) is 0 Å². The van der Waals surface area contributed by atoms with E-state index >= 15 is 0 Å². The molecular weight excluding hydrogens is 174 g/mol. The highest BCUT2D eigenvalue weighted by Crippen LogP contribution is 2.07. The van der Waals surface area contributed by atoms with Crippen molar-refractivity contribution in [1.82, 2.24) is 0 Å². The standard InChI is InChI=1S/C11H17N3/c1-2-10(12)7-8-4-3-5-9(6-8)11(13)14/h3-6,10H,2,7,12H2,1H3,(H3,13,14). The zero-order valence-electron chi connectivity index (χ0n) is 8.46. The molecule has 76 valence electrons. The Balaban J connectivity index is 2.78. The van der Waals surface area contributed by atoms with Crippen LogP contribution in [0.3, 0.4) is 0 Å². The van der Waals surface area contributed by atoms with Crippen LogP contribution >= 0.6 is 0 Å². The number of nitrogens with two attached hydrogens (primary N) is 2. The second-order valence-corrected chi connectivity index (χ2v) is 3.49. The number of benzene rings is 1. The summed E-state index contributed by atoms with van der Waals surface area (Å²) < 4.78 is 0. The minimum absolute atomic E-state index is 0.108. The second-order valence-electron chi connectivity index (χ2n) is 3.49. The van der Waals surface area contributed by atoms with E-state index in [1.54, 1.807) is 0 Å². The first kappa shape index (κ1) is 10.7. The Bertz CT molecular complexity index is 320. The van der Waals surface area contributed by atoms with Crippen molar-refractivity contribution in [2.75, 3.05) is 0 Å². The van der Waals surface area contributed by atoms with Crippen LogP contribution in [0, 0.1) is 5.41 Å². The van der Waals surface area contributed by atoms with Crippen molar-refractivity contribution in [2.45, 2.75) is 25.8 Å². The van der Waals surface area contributed by atoms with Crippen LogP contribution in [0.15, 0.2) is 24.3 Å². The first-order chi connectivity index (χ1) is 6.63. The highest BCUT2D eigenvalue weighted by atomic mass is 14.7. The maximum Gasteiger partial charge on any atom is 0.122 e. The molecule has 0 fully saturated rings. The quantitative estimate of drug-likeness (QED) is 0.495. The third kappa shape index (κ3) is 2.85. The number of nitrogen functional groups attached to an aromatic ring is 1. The fourth-order valence-electron chi connectivity index (χ4n) is 1.31. The monoisotopic (exact) mass is 191 g/mol. The van der Waals surface area contributed by atoms with Crippen LogP contribution in [-0.4, -0.2) is 11.9 Å². The lowest BCUT2D eigenvalue weighted by atomic mass is 10.0. The number of hydrogen-bond acceptors (Lipinski definition) is 2. The Morgan fingerprint density at radius 1 is 1.50 bits per heavy atom. The molecule has 1 aromatic rings. The van der Waals surface area contributed by atoms with E-state index in [0.717, 1.165) is 24.0 Å². The van der Waals surface area contributed by atoms with E-state index in [2.05, 4.69) is 6.92 Å². The smallest absolute Gasteiger partial charge is 0.122 e. The highest BCUT2D eigenvalue weighted by Gasteiger charge is 2.02. The number of nitrogens with one attached hydrogen (secondary N) is 1. The van der Waals surface area contributed by atoms with Gasteiger partial charge in [-0.1, -0.05) is 25.1 Å². The van der Waals surface area contributed by atoms with E-state index in [9.17, 15) is 0 Å². The molecule has 3 nitrogen and oxygen atoms in total. The third-order valence-electron chi connectivity index (χ3n) is 2.26. The van der Waals surface area contributed by atoms with Gasteiger partial charge >= 0.3 is 0 Å². The molecule has 0 radical (unpaired) electrons. The Morgan fingerprint density at radius 3 is 2.79 bits per heavy atom. The molecule has 0 aromatic heterocycles. The number of hydrogen-bond donors (Lipinski definition) is 3. The van der Waals surface area contributed by atoms with E-state index in [0.29, 0.717) is 0 Å². The lowest BCUT2D eigenvalue weighted by molar-refractivity contribution is 0.646. The molecule has 1 unspecified atom stereocenters. The summed E-state index contributed by atoms with van der Waals surface area (Å²) in [6.07, 6.45) is 1.81. The maximum atomic E-state index is 7.31. The third-order valence-corrected chi connectivity index (χ3v) is 2.26. The summed E-state index contributed by atoms with van der Waals surface area (Å²) in [6.45, 7) is 2.07. The van der Waals surface area contributed by atoms with E-state index < -0.39 is 0 Å². The summed E-state index contributed by atoms with van der Waals surface area (Å²) in [5.41, 5.74) is 13.2. The Kier molecular flexibility index (Phi) is 3.65. The van der Waals surface area contributed by atoms with Crippen LogP contribution in [0.2, 0.25) is 0 Å². The average molecular weight is 191 g/mol. The van der Waals surface area contributed by atoms with Gasteiger partial charge in [0.1, 0.15) is 5.84 Å². The summed E-state index contributed by atoms with van der Waals surface area (Å²) in [6, 6.07) is 7.88. The van der Waals surface area contributed by atoms with Gasteiger partial charge in [-0.05, 0) is 24.5 Å². The Hall–Kier alpha value is -1.35. The van der Waals surface area contributed by atoms with Crippen LogP contribution < -0.4 is 11.5 Å². The van der Waals surface area contributed by atoms with Crippen molar-refractivity contribution in [3.05, 3.63) is 35.4 Å². The van der Waals surface area contributed by atoms with E-state index in [-0.39, 0.29) is 11.9 Å². The zero-order chi connectivity index (χ0) is 10.6. The summed E-state index contributed by atoms with van der Waals surface area (Å²) in [4.78, 5) is 0. The molecule has 0 aliphatic heterocycles. The number of amidine groups is 1. The minimum Gasteiger partial charge on any atom is -0.384 e. The van der Waals surface area contributed by atoms with Crippen molar-refractivity contribution in [2.24, 2.45) is 11.5 Å². The van der Waals surface area contributed by atoms with E-state index in [1.807, 2.05) is 24.3 Å². The molecule has 0 bridgehead atoms. The van der Waals surface area contributed by atoms with Crippen molar-refractivity contribution >= 4 is 5.84 Å². The first-order valence-electron chi connectivity index (χ1n) is 4.82. The molecule has 1 rings (SSSR count). The summed E-state index contributed by atoms with van der Waals surface area (Å²) >= 11 is 0. The van der Waals surface area contributed by atoms with Crippen LogP contribution in [-0.2, 0) is 6.42 Å². The molecule has 0 aliphatic carbocycles. The van der Waals surface area contributed by atoms with E-state index in [4.69, 9.17) is 16.9 Å². The highest BCUT2D eigenvalue weighted by molar-refractivity contribution is 5.95. The van der Waals surface area contributed by atoms with Gasteiger partial charge in [0.25, 0.3) is 0 Å². The average Bonchev–Trinajstić information content (AvgIpc) is 2.18. The van der Waals surface area contributed by atoms with Gasteiger partial charge in [0.2, 0.25) is 0 Å². The zero-order valence-corrected chi connectivity index (χ0v) is 8.46. The molecule has 0 amide bonds. The fourth-order valence-corrected chi connectivity index (χ4v) is 1.31. The van der Waals surface area contributed by atoms with Crippen LogP contribution in [0.1, 0.15) is 24.5 Å². The normalized spacial score (nSPS) is 12.4. The molecular formula is C11H17N3. The summed E-state index contributed by atoms with van der Waals surface area (Å²) in [5, 5.41) is 7.31. The summed E-state index contributed by atoms with van der Waals surface area (Å²) in [7, 11) is 0. The fraction of sp³-hybridized carbons (Fsp3) is 0.364. The molecule has 3 heteroatoms. The van der Waals surface area contributed by atoms with Gasteiger partial charge in [0, 0.05) is 11.6 Å². The molecule has 0 saturated carbocycles. The lowest BCUT2D eigenvalue weighted by Crippen LogP contribution is -2.21. The van der Waals surface area contributed by atoms with Crippen molar-refractivity contribution in [1.29, 1.82) is 5.41 Å². The van der Waals surface area contributed by atoms with Crippen LogP contribution in [0.4, 0.5) is 0 Å². The van der Waals surface area contributed by atoms with Crippen molar-refractivity contribution in [3.63, 3.8) is 0 Å². The molecule has 14 heavy (non-hydrogen) atoms. The number of rotatable bonds is 4. The molecule has 1 aromatic carbocycles. The SMILES string of the molecule is CCC(N)Cc1cccc(C(=N)N)c1. The van der Waals surface area contributed by atoms with Gasteiger partial charge in [-0.25, -0.2) is 0 Å². The topological polar surface area (TPSA) is 75.9 Å². The van der Waals surface area contributed by atoms with Crippen molar-refractivity contribution < 1.29 is 0 Å². The first-order valence-corrected chi connectivity index (χ1v) is 4.82. The second kappa shape index (κ2) is 4.77. The molecule has 5 N–H and O–H groups in total. The van der Waals surface area contributed by atoms with Crippen molar-refractivity contribution in [3.8, 4) is 0 Å². The van der Waals surface area contributed by atoms with Gasteiger partial charge in [-0.2, -0.15) is 0 Å². The Morgan fingerprint density at radius 2 is 2.21 bits per heavy atom. The lowest BCUT2D eigenvalue weighted by Gasteiger charge is -2.09. The van der Waals surface area contributed by atoms with Crippen LogP contribution in [0.5, 0.6) is 0 Å². The minimum atomic E-state index is 0.108. The summed E-state index contributed by atoms with van der Waals surface area (Å²) in [5.74, 6) is 0.108. The van der Waals surface area contributed by atoms with Gasteiger partial charge < -0.3 is 11.5 Å².